The van der Waals surface area contributed by atoms with Crippen molar-refractivity contribution in [3.63, 3.8) is 0 Å². The summed E-state index contributed by atoms with van der Waals surface area (Å²) in [6, 6.07) is -0.269. The number of carboxylic acid groups (broad SMARTS) is 1. The van der Waals surface area contributed by atoms with Crippen LogP contribution in [0.2, 0.25) is 0 Å². The number of aliphatic carboxylic acids is 1. The van der Waals surface area contributed by atoms with E-state index in [-0.39, 0.29) is 12.5 Å². The van der Waals surface area contributed by atoms with Crippen LogP contribution in [-0.2, 0) is 4.79 Å². The number of nitrogens with one attached hydrogen (secondary N) is 1. The van der Waals surface area contributed by atoms with Crippen molar-refractivity contribution >= 4 is 12.0 Å². The highest BCUT2D eigenvalue weighted by atomic mass is 16.4. The second-order valence-corrected chi connectivity index (χ2v) is 3.88. The van der Waals surface area contributed by atoms with Crippen LogP contribution in [0.3, 0.4) is 0 Å². The number of rotatable bonds is 4. The quantitative estimate of drug-likeness (QED) is 0.633. The van der Waals surface area contributed by atoms with Crippen LogP contribution < -0.4 is 11.1 Å². The molecule has 0 bridgehead atoms. The van der Waals surface area contributed by atoms with Gasteiger partial charge < -0.3 is 21.1 Å². The lowest BCUT2D eigenvalue weighted by Gasteiger charge is -2.24. The van der Waals surface area contributed by atoms with Crippen molar-refractivity contribution in [3.8, 4) is 0 Å². The Kier molecular flexibility index (Phi) is 9.14. The Morgan fingerprint density at radius 1 is 1.29 bits per heavy atom. The van der Waals surface area contributed by atoms with Gasteiger partial charge in [-0.25, -0.2) is 4.79 Å². The molecule has 0 aromatic carbocycles. The largest absolute Gasteiger partial charge is 0.481 e. The van der Waals surface area contributed by atoms with Crippen LogP contribution in [0.5, 0.6) is 0 Å². The molecule has 6 heteroatoms. The Bertz CT molecular complexity index is 228. The van der Waals surface area contributed by atoms with Gasteiger partial charge in [-0.2, -0.15) is 0 Å². The monoisotopic (exact) mass is 245 g/mol. The molecule has 1 fully saturated rings. The predicted molar refractivity (Wildman–Crippen MR) is 65.8 cm³/mol. The molecule has 6 nitrogen and oxygen atoms in total. The van der Waals surface area contributed by atoms with E-state index < -0.39 is 5.97 Å². The number of hydrogen-bond donors (Lipinski definition) is 3. The molecule has 1 rings (SSSR count). The normalized spacial score (nSPS) is 14.8. The number of primary amides is 1. The summed E-state index contributed by atoms with van der Waals surface area (Å²) in [6.45, 7) is 5.08. The summed E-state index contributed by atoms with van der Waals surface area (Å²) >= 11 is 0. The van der Waals surface area contributed by atoms with E-state index in [0.717, 1.165) is 32.5 Å². The molecule has 100 valence electrons. The van der Waals surface area contributed by atoms with Crippen molar-refractivity contribution in [2.45, 2.75) is 32.6 Å². The molecule has 1 heterocycles. The molecule has 1 saturated heterocycles. The first-order chi connectivity index (χ1) is 8.07. The maximum absolute atomic E-state index is 10.5. The summed E-state index contributed by atoms with van der Waals surface area (Å²) < 4.78 is 0. The topological polar surface area (TPSA) is 95.7 Å². The maximum atomic E-state index is 10.5. The van der Waals surface area contributed by atoms with Gasteiger partial charge in [0.15, 0.2) is 0 Å². The molecular formula is C11H23N3O3. The van der Waals surface area contributed by atoms with Crippen LogP contribution in [0, 0.1) is 0 Å². The van der Waals surface area contributed by atoms with E-state index >= 15 is 0 Å². The number of carbonyl (C=O) groups excluding carboxylic acids is 1. The molecule has 0 aromatic heterocycles. The second-order valence-electron chi connectivity index (χ2n) is 3.88. The highest BCUT2D eigenvalue weighted by Gasteiger charge is 2.11. The van der Waals surface area contributed by atoms with Gasteiger partial charge >= 0.3 is 12.0 Å². The number of piperidine rings is 1. The third-order valence-electron chi connectivity index (χ3n) is 2.43. The minimum atomic E-state index is -0.744. The third kappa shape index (κ3) is 9.62. The summed E-state index contributed by atoms with van der Waals surface area (Å²) in [6.07, 6.45) is 3.68. The van der Waals surface area contributed by atoms with Gasteiger partial charge in [0.1, 0.15) is 0 Å². The summed E-state index contributed by atoms with van der Waals surface area (Å²) in [5.41, 5.74) is 5.05. The Labute approximate surface area is 102 Å². The minimum Gasteiger partial charge on any atom is -0.481 e. The van der Waals surface area contributed by atoms with Gasteiger partial charge in [0, 0.05) is 19.6 Å². The van der Waals surface area contributed by atoms with Gasteiger partial charge in [0.2, 0.25) is 0 Å². The molecule has 2 amide bonds. The lowest BCUT2D eigenvalue weighted by molar-refractivity contribution is -0.136. The molecule has 0 atom stereocenters. The molecule has 17 heavy (non-hydrogen) atoms. The average molecular weight is 245 g/mol. The lowest BCUT2D eigenvalue weighted by Crippen LogP contribution is -2.39. The van der Waals surface area contributed by atoms with Crippen molar-refractivity contribution in [1.82, 2.24) is 10.2 Å². The Balaban J connectivity index is 0.000000304. The number of nitrogens with zero attached hydrogens (tertiary/aromatic N) is 1. The number of carbonyl (C=O) groups is 2. The van der Waals surface area contributed by atoms with Crippen LogP contribution in [-0.4, -0.2) is 48.2 Å². The van der Waals surface area contributed by atoms with E-state index in [2.05, 4.69) is 5.32 Å². The highest BCUT2D eigenvalue weighted by molar-refractivity contribution is 5.71. The van der Waals surface area contributed by atoms with Gasteiger partial charge in [-0.05, 0) is 25.8 Å². The van der Waals surface area contributed by atoms with Crippen molar-refractivity contribution in [2.75, 3.05) is 26.2 Å². The van der Waals surface area contributed by atoms with E-state index in [1.54, 1.807) is 4.90 Å². The molecule has 0 aliphatic carbocycles. The first kappa shape index (κ1) is 15.7. The van der Waals surface area contributed by atoms with Gasteiger partial charge in [0.05, 0.1) is 6.42 Å². The number of hydrogen-bond acceptors (Lipinski definition) is 3. The molecule has 0 unspecified atom stereocenters. The van der Waals surface area contributed by atoms with Gasteiger partial charge in [-0.15, -0.1) is 0 Å². The van der Waals surface area contributed by atoms with Crippen molar-refractivity contribution < 1.29 is 14.7 Å². The third-order valence-corrected chi connectivity index (χ3v) is 2.43. The highest BCUT2D eigenvalue weighted by Crippen LogP contribution is 2.06. The van der Waals surface area contributed by atoms with Crippen LogP contribution in [0.15, 0.2) is 0 Å². The van der Waals surface area contributed by atoms with Crippen LogP contribution in [0.25, 0.3) is 0 Å². The molecule has 4 N–H and O–H groups in total. The van der Waals surface area contributed by atoms with Gasteiger partial charge in [-0.3, -0.25) is 4.79 Å². The van der Waals surface area contributed by atoms with Gasteiger partial charge in [-0.1, -0.05) is 6.92 Å². The van der Waals surface area contributed by atoms with Gasteiger partial charge in [0.25, 0.3) is 0 Å². The van der Waals surface area contributed by atoms with Crippen molar-refractivity contribution in [3.05, 3.63) is 0 Å². The predicted octanol–water partition coefficient (Wildman–Crippen LogP) is 0.622. The number of likely N-dealkylation sites (tertiary alicyclic amines) is 1. The van der Waals surface area contributed by atoms with E-state index in [1.807, 2.05) is 6.92 Å². The van der Waals surface area contributed by atoms with Crippen molar-refractivity contribution in [1.29, 1.82) is 0 Å². The van der Waals surface area contributed by atoms with Crippen LogP contribution in [0.1, 0.15) is 32.6 Å². The number of carboxylic acids is 1. The molecule has 0 radical (unpaired) electrons. The first-order valence-corrected chi connectivity index (χ1v) is 6.04. The summed E-state index contributed by atoms with van der Waals surface area (Å²) in [5.74, 6) is -0.744. The lowest BCUT2D eigenvalue weighted by atomic mass is 10.1. The molecule has 0 saturated carbocycles. The summed E-state index contributed by atoms with van der Waals surface area (Å²) in [4.78, 5) is 22.0. The molecular weight excluding hydrogens is 222 g/mol. The van der Waals surface area contributed by atoms with E-state index in [1.165, 1.54) is 6.42 Å². The second kappa shape index (κ2) is 9.89. The first-order valence-electron chi connectivity index (χ1n) is 6.04. The number of nitrogens with two attached hydrogens (primary N) is 1. The molecule has 1 aliphatic heterocycles. The molecule has 0 spiro atoms. The average Bonchev–Trinajstić information content (AvgIpc) is 2.31. The Hall–Kier alpha value is -1.30. The summed E-state index contributed by atoms with van der Waals surface area (Å²) in [7, 11) is 0. The standard InChI is InChI=1S/C6H12N2O.C5H11NO2/c7-6(9)8-4-2-1-3-5-8;1-2-6-4-3-5(7)8/h1-5H2,(H2,7,9);6H,2-4H2,1H3,(H,7,8). The SMILES string of the molecule is CCNCCC(=O)O.NC(=O)N1CCCCC1. The van der Waals surface area contributed by atoms with Crippen molar-refractivity contribution in [2.24, 2.45) is 5.73 Å². The van der Waals surface area contributed by atoms with Crippen LogP contribution >= 0.6 is 0 Å². The maximum Gasteiger partial charge on any atom is 0.314 e. The number of amides is 2. The minimum absolute atomic E-state index is 0.216. The smallest absolute Gasteiger partial charge is 0.314 e. The van der Waals surface area contributed by atoms with E-state index in [9.17, 15) is 9.59 Å². The van der Waals surface area contributed by atoms with E-state index in [0.29, 0.717) is 6.54 Å². The fourth-order valence-electron chi connectivity index (χ4n) is 1.49. The number of urea groups is 1. The van der Waals surface area contributed by atoms with Crippen LogP contribution in [0.4, 0.5) is 4.79 Å². The molecule has 1 aliphatic rings. The Morgan fingerprint density at radius 2 is 1.88 bits per heavy atom. The fraction of sp³-hybridized carbons (Fsp3) is 0.818. The zero-order valence-corrected chi connectivity index (χ0v) is 10.4. The van der Waals surface area contributed by atoms with E-state index in [4.69, 9.17) is 10.8 Å². The zero-order chi connectivity index (χ0) is 13.1. The zero-order valence-electron chi connectivity index (χ0n) is 10.4. The molecule has 0 aromatic rings. The summed E-state index contributed by atoms with van der Waals surface area (Å²) in [5, 5.41) is 11.0. The Morgan fingerprint density at radius 3 is 2.24 bits per heavy atom. The fourth-order valence-corrected chi connectivity index (χ4v) is 1.49.